The van der Waals surface area contributed by atoms with Gasteiger partial charge in [-0.1, -0.05) is 6.58 Å². The van der Waals surface area contributed by atoms with E-state index in [2.05, 4.69) is 16.0 Å². The Balaban J connectivity index is 4.56. The van der Waals surface area contributed by atoms with Crippen LogP contribution in [-0.2, 0) is 20.0 Å². The zero-order valence-corrected chi connectivity index (χ0v) is 10.2. The van der Waals surface area contributed by atoms with Crippen LogP contribution in [-0.4, -0.2) is 22.6 Å². The first-order valence-corrected chi connectivity index (χ1v) is 7.24. The fourth-order valence-corrected chi connectivity index (χ4v) is 1.67. The summed E-state index contributed by atoms with van der Waals surface area (Å²) in [6.45, 7) is 5.98. The molecule has 0 spiro atoms. The minimum Gasteiger partial charge on any atom is -0.289 e. The fraction of sp³-hybridized carbons (Fsp3) is 0.429. The van der Waals surface area contributed by atoms with Crippen molar-refractivity contribution in [2.75, 3.05) is 5.75 Å². The highest BCUT2D eigenvalue weighted by atomic mass is 32.2. The molecule has 2 N–H and O–H groups in total. The van der Waals surface area contributed by atoms with E-state index < -0.39 is 20.0 Å². The molecule has 0 atom stereocenters. The van der Waals surface area contributed by atoms with E-state index >= 15 is 0 Å². The molecule has 0 aliphatic carbocycles. The first-order valence-electron chi connectivity index (χ1n) is 4.04. The van der Waals surface area contributed by atoms with Gasteiger partial charge < -0.3 is 0 Å². The number of hydrogen-bond donors (Lipinski definition) is 2. The van der Waals surface area contributed by atoms with Crippen LogP contribution in [0.1, 0.15) is 13.8 Å². The second kappa shape index (κ2) is 5.17. The quantitative estimate of drug-likeness (QED) is 0.689. The molecule has 0 aromatic rings. The van der Waals surface area contributed by atoms with Gasteiger partial charge in [0.15, 0.2) is 0 Å². The average Bonchev–Trinajstić information content (AvgIpc) is 2.15. The van der Waals surface area contributed by atoms with Crippen molar-refractivity contribution in [2.45, 2.75) is 13.8 Å². The van der Waals surface area contributed by atoms with Crippen molar-refractivity contribution >= 4 is 20.0 Å². The molecule has 8 heteroatoms. The van der Waals surface area contributed by atoms with Crippen LogP contribution in [0, 0.1) is 0 Å². The summed E-state index contributed by atoms with van der Waals surface area (Å²) in [5, 5.41) is 0.735. The van der Waals surface area contributed by atoms with E-state index in [1.165, 1.54) is 13.8 Å². The summed E-state index contributed by atoms with van der Waals surface area (Å²) in [5.41, 5.74) is 0.159. The van der Waals surface area contributed by atoms with Gasteiger partial charge in [0.05, 0.1) is 5.75 Å². The van der Waals surface area contributed by atoms with Gasteiger partial charge in [-0.05, 0) is 13.8 Å². The predicted molar refractivity (Wildman–Crippen MR) is 58.6 cm³/mol. The molecule has 0 amide bonds. The molecule has 88 valence electrons. The van der Waals surface area contributed by atoms with E-state index in [1.54, 1.807) is 0 Å². The van der Waals surface area contributed by atoms with Crippen LogP contribution in [0.15, 0.2) is 23.9 Å². The van der Waals surface area contributed by atoms with Crippen LogP contribution in [0.3, 0.4) is 0 Å². The van der Waals surface area contributed by atoms with Crippen molar-refractivity contribution in [3.8, 4) is 0 Å². The fourth-order valence-electron chi connectivity index (χ4n) is 0.557. The van der Waals surface area contributed by atoms with Crippen LogP contribution < -0.4 is 9.44 Å². The largest absolute Gasteiger partial charge is 0.289 e. The van der Waals surface area contributed by atoms with E-state index in [-0.39, 0.29) is 11.4 Å². The van der Waals surface area contributed by atoms with E-state index in [0.29, 0.717) is 0 Å². The van der Waals surface area contributed by atoms with Crippen LogP contribution >= 0.6 is 0 Å². The molecule has 0 aliphatic heterocycles. The summed E-state index contributed by atoms with van der Waals surface area (Å²) in [5.74, 6) is -0.0784. The molecule has 0 aliphatic rings. The van der Waals surface area contributed by atoms with Crippen molar-refractivity contribution in [3.05, 3.63) is 23.9 Å². The highest BCUT2D eigenvalue weighted by Gasteiger charge is 2.05. The topological polar surface area (TPSA) is 92.3 Å². The van der Waals surface area contributed by atoms with E-state index in [4.69, 9.17) is 0 Å². The zero-order chi connectivity index (χ0) is 12.1. The van der Waals surface area contributed by atoms with Gasteiger partial charge in [-0.15, -0.1) is 0 Å². The third-order valence-corrected chi connectivity index (χ3v) is 3.64. The maximum Gasteiger partial charge on any atom is 0.254 e. The van der Waals surface area contributed by atoms with Crippen molar-refractivity contribution in [1.82, 2.24) is 9.44 Å². The van der Waals surface area contributed by atoms with Gasteiger partial charge in [-0.2, -0.15) is 0 Å². The number of allylic oxidation sites excluding steroid dienone is 1. The van der Waals surface area contributed by atoms with Crippen LogP contribution in [0.25, 0.3) is 0 Å². The highest BCUT2D eigenvalue weighted by Crippen LogP contribution is 1.93. The number of rotatable bonds is 6. The Morgan fingerprint density at radius 1 is 1.33 bits per heavy atom. The molecular weight excluding hydrogens is 240 g/mol. The van der Waals surface area contributed by atoms with Gasteiger partial charge in [0.25, 0.3) is 10.0 Å². The summed E-state index contributed by atoms with van der Waals surface area (Å²) in [4.78, 5) is 0. The van der Waals surface area contributed by atoms with Crippen molar-refractivity contribution < 1.29 is 16.8 Å². The molecule has 0 saturated heterocycles. The van der Waals surface area contributed by atoms with Crippen molar-refractivity contribution in [1.29, 1.82) is 0 Å². The molecule has 0 unspecified atom stereocenters. The molecule has 0 heterocycles. The SMILES string of the molecule is C=CS(=O)(=O)NC(C)=CNS(=O)(=O)CC. The summed E-state index contributed by atoms with van der Waals surface area (Å²) in [6.07, 6.45) is 1.07. The first-order chi connectivity index (χ1) is 6.72. The monoisotopic (exact) mass is 254 g/mol. The second-order valence-corrected chi connectivity index (χ2v) is 6.33. The van der Waals surface area contributed by atoms with Gasteiger partial charge in [-0.25, -0.2) is 16.8 Å². The smallest absolute Gasteiger partial charge is 0.254 e. The Labute approximate surface area is 90.2 Å². The molecule has 15 heavy (non-hydrogen) atoms. The lowest BCUT2D eigenvalue weighted by molar-refractivity contribution is 0.589. The van der Waals surface area contributed by atoms with Gasteiger partial charge in [0.1, 0.15) is 0 Å². The molecule has 0 rings (SSSR count). The predicted octanol–water partition coefficient (Wildman–Crippen LogP) is -0.150. The number of nitrogens with one attached hydrogen (secondary N) is 2. The Bertz CT molecular complexity index is 447. The Morgan fingerprint density at radius 2 is 1.87 bits per heavy atom. The standard InChI is InChI=1S/C7H14N2O4S2/c1-4-14(10,11)8-6-7(3)9-15(12,13)5-2/h5-6,8-9H,2,4H2,1,3H3. The van der Waals surface area contributed by atoms with Gasteiger partial charge in [0.2, 0.25) is 10.0 Å². The average molecular weight is 254 g/mol. The van der Waals surface area contributed by atoms with Gasteiger partial charge in [0, 0.05) is 17.3 Å². The minimum absolute atomic E-state index is 0.0784. The van der Waals surface area contributed by atoms with Crippen LogP contribution in [0.5, 0.6) is 0 Å². The van der Waals surface area contributed by atoms with Gasteiger partial charge in [-0.3, -0.25) is 9.44 Å². The lowest BCUT2D eigenvalue weighted by atomic mass is 10.6. The molecule has 0 saturated carbocycles. The third-order valence-electron chi connectivity index (χ3n) is 1.36. The van der Waals surface area contributed by atoms with E-state index in [9.17, 15) is 16.8 Å². The Hall–Kier alpha value is -1.02. The molecule has 0 aromatic carbocycles. The second-order valence-electron chi connectivity index (χ2n) is 2.66. The Morgan fingerprint density at radius 3 is 2.27 bits per heavy atom. The summed E-state index contributed by atoms with van der Waals surface area (Å²) < 4.78 is 48.1. The Kier molecular flexibility index (Phi) is 4.82. The normalized spacial score (nSPS) is 13.3. The maximum absolute atomic E-state index is 11.0. The molecular formula is C7H14N2O4S2. The summed E-state index contributed by atoms with van der Waals surface area (Å²) >= 11 is 0. The van der Waals surface area contributed by atoms with E-state index in [1.807, 2.05) is 0 Å². The molecule has 0 bridgehead atoms. The maximum atomic E-state index is 11.0. The van der Waals surface area contributed by atoms with Gasteiger partial charge >= 0.3 is 0 Å². The van der Waals surface area contributed by atoms with Crippen LogP contribution in [0.4, 0.5) is 0 Å². The molecule has 0 radical (unpaired) electrons. The van der Waals surface area contributed by atoms with Crippen LogP contribution in [0.2, 0.25) is 0 Å². The number of sulfonamides is 2. The van der Waals surface area contributed by atoms with Crippen molar-refractivity contribution in [2.24, 2.45) is 0 Å². The number of hydrogen-bond acceptors (Lipinski definition) is 4. The van der Waals surface area contributed by atoms with Crippen molar-refractivity contribution in [3.63, 3.8) is 0 Å². The third kappa shape index (κ3) is 6.13. The van der Waals surface area contributed by atoms with E-state index in [0.717, 1.165) is 11.6 Å². The molecule has 0 aromatic heterocycles. The lowest BCUT2D eigenvalue weighted by Gasteiger charge is -2.05. The minimum atomic E-state index is -3.58. The molecule has 0 fully saturated rings. The first kappa shape index (κ1) is 14.0. The summed E-state index contributed by atoms with van der Waals surface area (Å²) in [7, 11) is -6.95. The highest BCUT2D eigenvalue weighted by molar-refractivity contribution is 7.92. The molecule has 6 nitrogen and oxygen atoms in total. The lowest BCUT2D eigenvalue weighted by Crippen LogP contribution is -2.24. The zero-order valence-electron chi connectivity index (χ0n) is 8.52. The summed E-state index contributed by atoms with van der Waals surface area (Å²) in [6, 6.07) is 0.